The monoisotopic (exact) mass is 470 g/mol. The third-order valence-corrected chi connectivity index (χ3v) is 9.14. The van der Waals surface area contributed by atoms with Crippen molar-refractivity contribution in [2.24, 2.45) is 23.2 Å². The van der Waals surface area contributed by atoms with Crippen molar-refractivity contribution in [3.8, 4) is 0 Å². The summed E-state index contributed by atoms with van der Waals surface area (Å²) in [6.07, 6.45) is 17.7. The second-order valence-corrected chi connectivity index (χ2v) is 11.3. The maximum absolute atomic E-state index is 10.5. The predicted molar refractivity (Wildman–Crippen MR) is 139 cm³/mol. The molecule has 3 saturated carbocycles. The van der Waals surface area contributed by atoms with Crippen LogP contribution in [-0.2, 0) is 0 Å². The van der Waals surface area contributed by atoms with Crippen molar-refractivity contribution in [1.82, 2.24) is 0 Å². The molecule has 8 atom stereocenters. The highest BCUT2D eigenvalue weighted by Gasteiger charge is 2.50. The number of aliphatic hydroxyl groups excluding tert-OH is 3. The topological polar surface area (TPSA) is 80.9 Å². The summed E-state index contributed by atoms with van der Waals surface area (Å²) in [5.41, 5.74) is 2.33. The van der Waals surface area contributed by atoms with E-state index in [1.165, 1.54) is 31.3 Å². The lowest BCUT2D eigenvalue weighted by Gasteiger charge is -2.44. The summed E-state index contributed by atoms with van der Waals surface area (Å²) in [5.74, 6) is 1.61. The van der Waals surface area contributed by atoms with Crippen LogP contribution in [0.25, 0.3) is 0 Å². The zero-order chi connectivity index (χ0) is 25.1. The van der Waals surface area contributed by atoms with Crippen molar-refractivity contribution in [3.05, 3.63) is 59.8 Å². The van der Waals surface area contributed by atoms with Gasteiger partial charge in [0, 0.05) is 6.42 Å². The predicted octanol–water partition coefficient (Wildman–Crippen LogP) is 5.40. The Morgan fingerprint density at radius 1 is 1.18 bits per heavy atom. The summed E-state index contributed by atoms with van der Waals surface area (Å²) in [6.45, 7) is 12.3. The maximum atomic E-state index is 10.5. The number of fused-ring (bicyclic) bond motifs is 1. The van der Waals surface area contributed by atoms with Crippen molar-refractivity contribution in [1.29, 1.82) is 0 Å². The Hall–Kier alpha value is -1.46. The van der Waals surface area contributed by atoms with Gasteiger partial charge < -0.3 is 20.4 Å². The smallest absolute Gasteiger partial charge is 0.108 e. The molecular weight excluding hydrogens is 424 g/mol. The van der Waals surface area contributed by atoms with Crippen LogP contribution in [0.2, 0.25) is 0 Å². The van der Waals surface area contributed by atoms with Crippen LogP contribution in [0.4, 0.5) is 0 Å². The van der Waals surface area contributed by atoms with Crippen molar-refractivity contribution >= 4 is 0 Å². The first-order chi connectivity index (χ1) is 16.0. The first-order valence-corrected chi connectivity index (χ1v) is 13.2. The molecule has 0 aliphatic heterocycles. The van der Waals surface area contributed by atoms with E-state index in [-0.39, 0.29) is 5.41 Å². The van der Waals surface area contributed by atoms with E-state index in [9.17, 15) is 20.4 Å². The second kappa shape index (κ2) is 11.1. The lowest BCUT2D eigenvalue weighted by Crippen LogP contribution is -2.37. The van der Waals surface area contributed by atoms with Gasteiger partial charge >= 0.3 is 0 Å². The molecule has 4 heteroatoms. The summed E-state index contributed by atoms with van der Waals surface area (Å²) in [5, 5.41) is 40.5. The Labute approximate surface area is 206 Å². The van der Waals surface area contributed by atoms with Crippen LogP contribution in [0, 0.1) is 23.2 Å². The van der Waals surface area contributed by atoms with E-state index >= 15 is 0 Å². The highest BCUT2D eigenvalue weighted by Crippen LogP contribution is 2.59. The minimum atomic E-state index is -1.18. The zero-order valence-electron chi connectivity index (χ0n) is 21.6. The molecule has 4 N–H and O–H groups in total. The third-order valence-electron chi connectivity index (χ3n) is 9.14. The van der Waals surface area contributed by atoms with Crippen LogP contribution in [0.3, 0.4) is 0 Å². The Kier molecular flexibility index (Phi) is 8.84. The largest absolute Gasteiger partial charge is 0.393 e. The minimum Gasteiger partial charge on any atom is -0.393 e. The number of allylic oxidation sites excluding steroid dienone is 6. The lowest BCUT2D eigenvalue weighted by molar-refractivity contribution is -0.0314. The van der Waals surface area contributed by atoms with Gasteiger partial charge in [-0.3, -0.25) is 0 Å². The Balaban J connectivity index is 1.72. The summed E-state index contributed by atoms with van der Waals surface area (Å²) in [4.78, 5) is 0. The van der Waals surface area contributed by atoms with E-state index in [4.69, 9.17) is 0 Å². The quantitative estimate of drug-likeness (QED) is 0.376. The van der Waals surface area contributed by atoms with Gasteiger partial charge in [0.05, 0.1) is 18.3 Å². The van der Waals surface area contributed by atoms with E-state index < -0.39 is 23.9 Å². The highest BCUT2D eigenvalue weighted by atomic mass is 16.3. The normalized spacial score (nSPS) is 38.5. The van der Waals surface area contributed by atoms with Crippen molar-refractivity contribution in [3.63, 3.8) is 0 Å². The Bertz CT molecular complexity index is 850. The van der Waals surface area contributed by atoms with Crippen LogP contribution >= 0.6 is 0 Å². The molecule has 0 amide bonds. The molecule has 0 spiro atoms. The first kappa shape index (κ1) is 27.1. The summed E-state index contributed by atoms with van der Waals surface area (Å²) >= 11 is 0. The molecule has 3 aliphatic carbocycles. The van der Waals surface area contributed by atoms with Crippen LogP contribution in [0.5, 0.6) is 0 Å². The SMILES string of the molecule is C=C1/C(=C/C=C2\CCC[C@]3(C)[C@@H]([C@H](C)/C=C/C=C/[C@](O)(CC)[C@H](C)O)CC[C@@H]23)C[C@@H](O)C[C@@H]1O. The van der Waals surface area contributed by atoms with Crippen LogP contribution in [-0.4, -0.2) is 44.3 Å². The van der Waals surface area contributed by atoms with Gasteiger partial charge in [-0.1, -0.05) is 69.4 Å². The van der Waals surface area contributed by atoms with E-state index in [1.807, 2.05) is 19.1 Å². The maximum Gasteiger partial charge on any atom is 0.108 e. The molecule has 4 nitrogen and oxygen atoms in total. The van der Waals surface area contributed by atoms with E-state index in [0.717, 1.165) is 17.6 Å². The molecule has 0 aromatic carbocycles. The second-order valence-electron chi connectivity index (χ2n) is 11.3. The lowest BCUT2D eigenvalue weighted by atomic mass is 9.61. The van der Waals surface area contributed by atoms with Gasteiger partial charge in [-0.2, -0.15) is 0 Å². The molecular formula is C30H46O4. The standard InChI is InChI=1S/C30H46O4/c1-6-30(34,22(4)31)17-8-7-10-20(2)26-14-15-27-23(11-9-16-29(26,27)5)12-13-24-18-25(32)19-28(33)21(24)3/h7-8,10,12-13,17,20,22,25-28,31-34H,3,6,9,11,14-16,18-19H2,1-2,4-5H3/b10-7+,17-8+,23-12+,24-13+/t20-,22+,25-,26-,27+,28+,29-,30-/m1/s1. The third kappa shape index (κ3) is 5.67. The number of aliphatic hydroxyl groups is 4. The molecule has 3 rings (SSSR count). The Morgan fingerprint density at radius 3 is 2.59 bits per heavy atom. The van der Waals surface area contributed by atoms with Gasteiger partial charge in [-0.15, -0.1) is 0 Å². The van der Waals surface area contributed by atoms with Crippen molar-refractivity contribution in [2.75, 3.05) is 0 Å². The van der Waals surface area contributed by atoms with Gasteiger partial charge in [0.15, 0.2) is 0 Å². The molecule has 0 radical (unpaired) electrons. The summed E-state index contributed by atoms with van der Waals surface area (Å²) in [6, 6.07) is 0. The van der Waals surface area contributed by atoms with Crippen LogP contribution in [0.15, 0.2) is 59.8 Å². The molecule has 0 saturated heterocycles. The van der Waals surface area contributed by atoms with Gasteiger partial charge in [-0.25, -0.2) is 0 Å². The van der Waals surface area contributed by atoms with E-state index in [0.29, 0.717) is 37.0 Å². The molecule has 3 aliphatic rings. The average Bonchev–Trinajstić information content (AvgIpc) is 3.15. The minimum absolute atomic E-state index is 0.266. The molecule has 34 heavy (non-hydrogen) atoms. The zero-order valence-corrected chi connectivity index (χ0v) is 21.6. The molecule has 0 aromatic rings. The number of hydrogen-bond acceptors (Lipinski definition) is 4. The van der Waals surface area contributed by atoms with E-state index in [1.54, 1.807) is 13.0 Å². The molecule has 0 aromatic heterocycles. The Morgan fingerprint density at radius 2 is 1.91 bits per heavy atom. The van der Waals surface area contributed by atoms with E-state index in [2.05, 4.69) is 38.7 Å². The number of rotatable bonds is 7. The van der Waals surface area contributed by atoms with Gasteiger partial charge in [0.1, 0.15) is 5.60 Å². The molecule has 190 valence electrons. The number of hydrogen-bond donors (Lipinski definition) is 4. The fourth-order valence-electron chi connectivity index (χ4n) is 6.76. The molecule has 3 fully saturated rings. The summed E-state index contributed by atoms with van der Waals surface area (Å²) < 4.78 is 0. The fraction of sp³-hybridized carbons (Fsp3) is 0.667. The van der Waals surface area contributed by atoms with Crippen molar-refractivity contribution < 1.29 is 20.4 Å². The molecule has 0 bridgehead atoms. The summed E-state index contributed by atoms with van der Waals surface area (Å²) in [7, 11) is 0. The molecule has 0 unspecified atom stereocenters. The van der Waals surface area contributed by atoms with Crippen molar-refractivity contribution in [2.45, 2.75) is 103 Å². The highest BCUT2D eigenvalue weighted by molar-refractivity contribution is 5.38. The average molecular weight is 471 g/mol. The fourth-order valence-corrected chi connectivity index (χ4v) is 6.76. The van der Waals surface area contributed by atoms with Gasteiger partial charge in [-0.05, 0) is 86.2 Å². The van der Waals surface area contributed by atoms with Gasteiger partial charge in [0.25, 0.3) is 0 Å². The van der Waals surface area contributed by atoms with Gasteiger partial charge in [0.2, 0.25) is 0 Å². The first-order valence-electron chi connectivity index (χ1n) is 13.2. The van der Waals surface area contributed by atoms with Crippen LogP contribution in [0.1, 0.15) is 79.1 Å². The van der Waals surface area contributed by atoms with Crippen LogP contribution < -0.4 is 0 Å². The molecule has 0 heterocycles.